The topological polar surface area (TPSA) is 85.5 Å². The van der Waals surface area contributed by atoms with Crippen molar-refractivity contribution in [3.05, 3.63) is 52.2 Å². The number of rotatable bonds is 3. The van der Waals surface area contributed by atoms with Crippen LogP contribution in [0.4, 0.5) is 5.69 Å². The summed E-state index contributed by atoms with van der Waals surface area (Å²) in [6.45, 7) is 1.65. The van der Waals surface area contributed by atoms with Crippen LogP contribution in [0.2, 0.25) is 0 Å². The molecule has 0 amide bonds. The van der Waals surface area contributed by atoms with Crippen molar-refractivity contribution in [2.45, 2.75) is 6.92 Å². The predicted octanol–water partition coefficient (Wildman–Crippen LogP) is 2.80. The molecule has 0 atom stereocenters. The molecular formula is C12H10N2O4. The minimum Gasteiger partial charge on any atom is -0.504 e. The zero-order valence-electron chi connectivity index (χ0n) is 9.53. The van der Waals surface area contributed by atoms with Crippen molar-refractivity contribution in [3.63, 3.8) is 0 Å². The van der Waals surface area contributed by atoms with Gasteiger partial charge in [0.2, 0.25) is 5.88 Å². The van der Waals surface area contributed by atoms with E-state index >= 15 is 0 Å². The average molecular weight is 246 g/mol. The quantitative estimate of drug-likeness (QED) is 0.664. The maximum absolute atomic E-state index is 10.6. The van der Waals surface area contributed by atoms with Gasteiger partial charge in [0.05, 0.1) is 4.92 Å². The smallest absolute Gasteiger partial charge is 0.288 e. The number of nitrogens with zero attached hydrogens (tertiary/aromatic N) is 2. The van der Waals surface area contributed by atoms with Crippen LogP contribution >= 0.6 is 0 Å². The van der Waals surface area contributed by atoms with Gasteiger partial charge >= 0.3 is 0 Å². The number of ether oxygens (including phenoxy) is 1. The Kier molecular flexibility index (Phi) is 3.09. The molecule has 6 heteroatoms. The lowest BCUT2D eigenvalue weighted by atomic mass is 10.3. The van der Waals surface area contributed by atoms with Crippen LogP contribution in [0.1, 0.15) is 5.56 Å². The highest BCUT2D eigenvalue weighted by atomic mass is 16.6. The lowest BCUT2D eigenvalue weighted by molar-refractivity contribution is -0.385. The maximum atomic E-state index is 10.6. The first-order valence-corrected chi connectivity index (χ1v) is 5.15. The van der Waals surface area contributed by atoms with Gasteiger partial charge in [0.25, 0.3) is 5.69 Å². The van der Waals surface area contributed by atoms with Crippen molar-refractivity contribution < 1.29 is 14.8 Å². The third kappa shape index (κ3) is 2.37. The zero-order chi connectivity index (χ0) is 13.1. The fraction of sp³-hybridized carbons (Fsp3) is 0.0833. The second-order valence-corrected chi connectivity index (χ2v) is 3.64. The van der Waals surface area contributed by atoms with Crippen molar-refractivity contribution in [2.75, 3.05) is 0 Å². The normalized spacial score (nSPS) is 10.1. The van der Waals surface area contributed by atoms with Crippen molar-refractivity contribution in [1.82, 2.24) is 4.98 Å². The van der Waals surface area contributed by atoms with E-state index in [0.717, 1.165) is 6.20 Å². The summed E-state index contributed by atoms with van der Waals surface area (Å²) < 4.78 is 5.39. The van der Waals surface area contributed by atoms with E-state index in [1.807, 2.05) is 0 Å². The summed E-state index contributed by atoms with van der Waals surface area (Å²) in [5.41, 5.74) is 0.421. The highest BCUT2D eigenvalue weighted by Crippen LogP contribution is 2.31. The number of benzene rings is 1. The summed E-state index contributed by atoms with van der Waals surface area (Å²) in [5.74, 6) is 0.459. The molecule has 1 N–H and O–H groups in total. The van der Waals surface area contributed by atoms with Gasteiger partial charge in [-0.15, -0.1) is 0 Å². The first-order chi connectivity index (χ1) is 8.58. The third-order valence-corrected chi connectivity index (χ3v) is 2.30. The SMILES string of the molecule is Cc1cc([N+](=O)[O-])cnc1Oc1ccccc1O. The average Bonchev–Trinajstić information content (AvgIpc) is 2.34. The molecule has 1 heterocycles. The molecular weight excluding hydrogens is 236 g/mol. The number of hydrogen-bond acceptors (Lipinski definition) is 5. The highest BCUT2D eigenvalue weighted by Gasteiger charge is 2.12. The summed E-state index contributed by atoms with van der Waals surface area (Å²) in [7, 11) is 0. The fourth-order valence-corrected chi connectivity index (χ4v) is 1.40. The Morgan fingerprint density at radius 2 is 2.11 bits per heavy atom. The Balaban J connectivity index is 2.30. The number of hydrogen-bond donors (Lipinski definition) is 1. The van der Waals surface area contributed by atoms with Gasteiger partial charge < -0.3 is 9.84 Å². The summed E-state index contributed by atoms with van der Waals surface area (Å²) in [5, 5.41) is 20.1. The van der Waals surface area contributed by atoms with Crippen molar-refractivity contribution in [1.29, 1.82) is 0 Å². The summed E-state index contributed by atoms with van der Waals surface area (Å²) in [6, 6.07) is 7.80. The summed E-state index contributed by atoms with van der Waals surface area (Å²) >= 11 is 0. The number of aromatic hydroxyl groups is 1. The molecule has 0 aliphatic heterocycles. The monoisotopic (exact) mass is 246 g/mol. The molecule has 1 aromatic carbocycles. The van der Waals surface area contributed by atoms with E-state index in [-0.39, 0.29) is 23.1 Å². The van der Waals surface area contributed by atoms with Crippen molar-refractivity contribution in [2.24, 2.45) is 0 Å². The molecule has 0 saturated carbocycles. The Hall–Kier alpha value is -2.63. The number of phenols is 1. The molecule has 0 saturated heterocycles. The number of para-hydroxylation sites is 2. The maximum Gasteiger partial charge on any atom is 0.288 e. The first kappa shape index (κ1) is 11.8. The van der Waals surface area contributed by atoms with E-state index < -0.39 is 4.92 Å². The molecule has 2 rings (SSSR count). The van der Waals surface area contributed by atoms with Crippen LogP contribution in [0.5, 0.6) is 17.4 Å². The second-order valence-electron chi connectivity index (χ2n) is 3.64. The molecule has 92 valence electrons. The number of phenolic OH excluding ortho intramolecular Hbond substituents is 1. The van der Waals surface area contributed by atoms with Crippen molar-refractivity contribution >= 4 is 5.69 Å². The van der Waals surface area contributed by atoms with Gasteiger partial charge in [-0.3, -0.25) is 10.1 Å². The van der Waals surface area contributed by atoms with E-state index in [1.165, 1.54) is 12.1 Å². The molecule has 0 bridgehead atoms. The van der Waals surface area contributed by atoms with E-state index in [4.69, 9.17) is 4.74 Å². The Bertz CT molecular complexity index is 598. The van der Waals surface area contributed by atoms with Gasteiger partial charge in [-0.1, -0.05) is 12.1 Å². The number of aromatic nitrogens is 1. The number of pyridine rings is 1. The lowest BCUT2D eigenvalue weighted by Gasteiger charge is -2.08. The molecule has 1 aromatic heterocycles. The van der Waals surface area contributed by atoms with Crippen LogP contribution in [-0.2, 0) is 0 Å². The Morgan fingerprint density at radius 3 is 2.72 bits per heavy atom. The minimum atomic E-state index is -0.524. The van der Waals surface area contributed by atoms with Crippen LogP contribution < -0.4 is 4.74 Å². The van der Waals surface area contributed by atoms with E-state index in [1.54, 1.807) is 25.1 Å². The van der Waals surface area contributed by atoms with Crippen LogP contribution in [0, 0.1) is 17.0 Å². The van der Waals surface area contributed by atoms with Gasteiger partial charge in [-0.2, -0.15) is 0 Å². The van der Waals surface area contributed by atoms with Gasteiger partial charge in [-0.05, 0) is 19.1 Å². The fourth-order valence-electron chi connectivity index (χ4n) is 1.40. The van der Waals surface area contributed by atoms with Gasteiger partial charge in [0.1, 0.15) is 6.20 Å². The lowest BCUT2D eigenvalue weighted by Crippen LogP contribution is -1.95. The predicted molar refractivity (Wildman–Crippen MR) is 63.8 cm³/mol. The van der Waals surface area contributed by atoms with E-state index in [9.17, 15) is 15.2 Å². The standard InChI is InChI=1S/C12H10N2O4/c1-8-6-9(14(16)17)7-13-12(8)18-11-5-3-2-4-10(11)15/h2-7,15H,1H3. The Labute approximate surface area is 103 Å². The number of nitro groups is 1. The molecule has 0 aliphatic carbocycles. The van der Waals surface area contributed by atoms with Crippen LogP contribution in [0.25, 0.3) is 0 Å². The van der Waals surface area contributed by atoms with Gasteiger partial charge in [0, 0.05) is 11.6 Å². The molecule has 0 fully saturated rings. The largest absolute Gasteiger partial charge is 0.504 e. The number of aryl methyl sites for hydroxylation is 1. The molecule has 0 unspecified atom stereocenters. The van der Waals surface area contributed by atoms with Crippen LogP contribution in [-0.4, -0.2) is 15.0 Å². The minimum absolute atomic E-state index is 0.0166. The van der Waals surface area contributed by atoms with Gasteiger partial charge in [-0.25, -0.2) is 4.98 Å². The molecule has 2 aromatic rings. The summed E-state index contributed by atoms with van der Waals surface area (Å²) in [4.78, 5) is 13.9. The van der Waals surface area contributed by atoms with Crippen LogP contribution in [0.15, 0.2) is 36.5 Å². The highest BCUT2D eigenvalue weighted by molar-refractivity contribution is 5.43. The molecule has 0 spiro atoms. The van der Waals surface area contributed by atoms with E-state index in [2.05, 4.69) is 4.98 Å². The van der Waals surface area contributed by atoms with Crippen LogP contribution in [0.3, 0.4) is 0 Å². The van der Waals surface area contributed by atoms with E-state index in [0.29, 0.717) is 5.56 Å². The van der Waals surface area contributed by atoms with Crippen molar-refractivity contribution in [3.8, 4) is 17.4 Å². The molecule has 6 nitrogen and oxygen atoms in total. The Morgan fingerprint density at radius 1 is 1.39 bits per heavy atom. The first-order valence-electron chi connectivity index (χ1n) is 5.15. The second kappa shape index (κ2) is 4.70. The molecule has 0 aliphatic rings. The molecule has 0 radical (unpaired) electrons. The third-order valence-electron chi connectivity index (χ3n) is 2.30. The molecule has 18 heavy (non-hydrogen) atoms. The zero-order valence-corrected chi connectivity index (χ0v) is 9.53. The van der Waals surface area contributed by atoms with Gasteiger partial charge in [0.15, 0.2) is 11.5 Å². The summed E-state index contributed by atoms with van der Waals surface area (Å²) in [6.07, 6.45) is 1.11.